The first kappa shape index (κ1) is 15.7. The minimum absolute atomic E-state index is 0.421. The van der Waals surface area contributed by atoms with Gasteiger partial charge in [0, 0.05) is 10.9 Å². The Morgan fingerprint density at radius 3 is 2.46 bits per heavy atom. The highest BCUT2D eigenvalue weighted by Crippen LogP contribution is 2.30. The molecule has 2 aromatic carbocycles. The summed E-state index contributed by atoms with van der Waals surface area (Å²) in [4.78, 5) is 16.2. The van der Waals surface area contributed by atoms with E-state index in [2.05, 4.69) is 11.1 Å². The van der Waals surface area contributed by atoms with Gasteiger partial charge >= 0.3 is 5.97 Å². The Morgan fingerprint density at radius 2 is 1.88 bits per heavy atom. The predicted molar refractivity (Wildman–Crippen MR) is 93.5 cm³/mol. The van der Waals surface area contributed by atoms with Gasteiger partial charge in [-0.3, -0.25) is 0 Å². The van der Waals surface area contributed by atoms with Gasteiger partial charge in [-0.1, -0.05) is 12.1 Å². The minimum Gasteiger partial charge on any atom is -0.465 e. The maximum atomic E-state index is 12.0. The number of carbonyl (C=O) groups excluding carboxylic acids is 1. The molecule has 0 spiro atoms. The molecule has 1 heterocycles. The van der Waals surface area contributed by atoms with Crippen LogP contribution in [0.25, 0.3) is 22.4 Å². The van der Waals surface area contributed by atoms with Crippen molar-refractivity contribution in [3.05, 3.63) is 59.0 Å². The molecule has 0 aliphatic heterocycles. The third-order valence-corrected chi connectivity index (χ3v) is 4.19. The molecular weight excluding hydrogens is 322 g/mol. The number of aromatic nitrogens is 1. The Morgan fingerprint density at radius 1 is 1.17 bits per heavy atom. The average molecular weight is 335 g/mol. The number of hydrogen-bond donors (Lipinski definition) is 1. The molecule has 0 bridgehead atoms. The molecule has 0 amide bonds. The number of carbonyl (C=O) groups is 1. The van der Waals surface area contributed by atoms with Crippen LogP contribution in [0, 0.1) is 11.3 Å². The molecule has 6 heteroatoms. The molecule has 2 N–H and O–H groups in total. The van der Waals surface area contributed by atoms with E-state index in [1.165, 1.54) is 18.4 Å². The number of nitrogens with zero attached hydrogens (tertiary/aromatic N) is 2. The lowest BCUT2D eigenvalue weighted by Crippen LogP contribution is -2.02. The fraction of sp³-hybridized carbons (Fsp3) is 0.0556. The first-order chi connectivity index (χ1) is 11.6. The fourth-order valence-electron chi connectivity index (χ4n) is 2.34. The van der Waals surface area contributed by atoms with Crippen LogP contribution in [0.1, 0.15) is 15.9 Å². The third kappa shape index (κ3) is 3.12. The number of rotatable bonds is 3. The number of esters is 1. The number of nitrogens with two attached hydrogens (primary N) is 1. The molecule has 118 valence electrons. The summed E-state index contributed by atoms with van der Waals surface area (Å²) in [6, 6.07) is 14.7. The second-order valence-corrected chi connectivity index (χ2v) is 5.94. The number of ether oxygens (including phenoxy) is 1. The SMILES string of the molecule is COC(=O)c1cc(-c2ccc(C#N)cc2)cc(-c2csc(N)n2)c1. The highest BCUT2D eigenvalue weighted by Gasteiger charge is 2.13. The van der Waals surface area contributed by atoms with Crippen LogP contribution in [0.2, 0.25) is 0 Å². The van der Waals surface area contributed by atoms with E-state index < -0.39 is 5.97 Å². The van der Waals surface area contributed by atoms with Crippen LogP contribution in [0.4, 0.5) is 5.13 Å². The maximum absolute atomic E-state index is 12.0. The second kappa shape index (κ2) is 6.52. The van der Waals surface area contributed by atoms with Gasteiger partial charge in [0.15, 0.2) is 5.13 Å². The number of nitrogen functional groups attached to an aromatic ring is 1. The monoisotopic (exact) mass is 335 g/mol. The largest absolute Gasteiger partial charge is 0.465 e. The van der Waals surface area contributed by atoms with Gasteiger partial charge < -0.3 is 10.5 Å². The maximum Gasteiger partial charge on any atom is 0.337 e. The smallest absolute Gasteiger partial charge is 0.337 e. The van der Waals surface area contributed by atoms with Crippen LogP contribution in [0.3, 0.4) is 0 Å². The van der Waals surface area contributed by atoms with Crippen LogP contribution in [-0.4, -0.2) is 18.1 Å². The zero-order valence-corrected chi connectivity index (χ0v) is 13.6. The van der Waals surface area contributed by atoms with Crippen LogP contribution in [0.5, 0.6) is 0 Å². The van der Waals surface area contributed by atoms with E-state index >= 15 is 0 Å². The summed E-state index contributed by atoms with van der Waals surface area (Å²) in [5.41, 5.74) is 9.94. The van der Waals surface area contributed by atoms with Gasteiger partial charge in [-0.25, -0.2) is 9.78 Å². The lowest BCUT2D eigenvalue weighted by Gasteiger charge is -2.08. The number of methoxy groups -OCH3 is 1. The molecule has 0 atom stereocenters. The minimum atomic E-state index is -0.421. The lowest BCUT2D eigenvalue weighted by molar-refractivity contribution is 0.0601. The molecule has 0 fully saturated rings. The predicted octanol–water partition coefficient (Wildman–Crippen LogP) is 3.72. The number of thiazole rings is 1. The second-order valence-electron chi connectivity index (χ2n) is 5.05. The van der Waals surface area contributed by atoms with E-state index in [-0.39, 0.29) is 0 Å². The highest BCUT2D eigenvalue weighted by atomic mass is 32.1. The normalized spacial score (nSPS) is 10.2. The molecule has 3 aromatic rings. The summed E-state index contributed by atoms with van der Waals surface area (Å²) in [5.74, 6) is -0.421. The van der Waals surface area contributed by atoms with Gasteiger partial charge in [-0.05, 0) is 41.5 Å². The van der Waals surface area contributed by atoms with Gasteiger partial charge in [0.25, 0.3) is 0 Å². The van der Waals surface area contributed by atoms with Gasteiger partial charge in [0.05, 0.1) is 30.0 Å². The average Bonchev–Trinajstić information content (AvgIpc) is 3.07. The Balaban J connectivity index is 2.14. The van der Waals surface area contributed by atoms with E-state index in [0.717, 1.165) is 16.7 Å². The molecule has 0 unspecified atom stereocenters. The Bertz CT molecular complexity index is 940. The van der Waals surface area contributed by atoms with Crippen molar-refractivity contribution >= 4 is 22.4 Å². The van der Waals surface area contributed by atoms with Crippen LogP contribution in [0.15, 0.2) is 47.8 Å². The van der Waals surface area contributed by atoms with E-state index in [0.29, 0.717) is 22.0 Å². The van der Waals surface area contributed by atoms with E-state index in [1.807, 2.05) is 23.6 Å². The first-order valence-electron chi connectivity index (χ1n) is 7.06. The summed E-state index contributed by atoms with van der Waals surface area (Å²) in [5, 5.41) is 11.2. The van der Waals surface area contributed by atoms with Crippen LogP contribution in [-0.2, 0) is 4.74 Å². The molecule has 3 rings (SSSR count). The molecule has 0 saturated heterocycles. The number of hydrogen-bond acceptors (Lipinski definition) is 6. The molecule has 0 saturated carbocycles. The molecule has 24 heavy (non-hydrogen) atoms. The molecule has 5 nitrogen and oxygen atoms in total. The summed E-state index contributed by atoms with van der Waals surface area (Å²) in [6.07, 6.45) is 0. The lowest BCUT2D eigenvalue weighted by atomic mass is 9.98. The Kier molecular flexibility index (Phi) is 4.27. The van der Waals surface area contributed by atoms with Crippen molar-refractivity contribution in [1.29, 1.82) is 5.26 Å². The van der Waals surface area contributed by atoms with Gasteiger partial charge in [-0.2, -0.15) is 5.26 Å². The first-order valence-corrected chi connectivity index (χ1v) is 7.94. The summed E-state index contributed by atoms with van der Waals surface area (Å²) in [7, 11) is 1.34. The van der Waals surface area contributed by atoms with Crippen LogP contribution >= 0.6 is 11.3 Å². The standard InChI is InChI=1S/C18H13N3O2S/c1-23-17(22)15-7-13(12-4-2-11(9-19)3-5-12)6-14(8-15)16-10-24-18(20)21-16/h2-8,10H,1H3,(H2,20,21). The van der Waals surface area contributed by atoms with Gasteiger partial charge in [0.1, 0.15) is 0 Å². The van der Waals surface area contributed by atoms with Crippen molar-refractivity contribution in [2.24, 2.45) is 0 Å². The Hall–Kier alpha value is -3.17. The summed E-state index contributed by atoms with van der Waals surface area (Å²) in [6.45, 7) is 0. The zero-order valence-electron chi connectivity index (χ0n) is 12.8. The van der Waals surface area contributed by atoms with E-state index in [1.54, 1.807) is 24.3 Å². The van der Waals surface area contributed by atoms with Crippen molar-refractivity contribution in [3.8, 4) is 28.5 Å². The molecule has 0 radical (unpaired) electrons. The van der Waals surface area contributed by atoms with E-state index in [9.17, 15) is 4.79 Å². The van der Waals surface area contributed by atoms with Crippen molar-refractivity contribution in [2.75, 3.05) is 12.8 Å². The van der Waals surface area contributed by atoms with E-state index in [4.69, 9.17) is 15.7 Å². The van der Waals surface area contributed by atoms with Crippen molar-refractivity contribution < 1.29 is 9.53 Å². The summed E-state index contributed by atoms with van der Waals surface area (Å²) >= 11 is 1.34. The van der Waals surface area contributed by atoms with Crippen molar-refractivity contribution in [1.82, 2.24) is 4.98 Å². The third-order valence-electron chi connectivity index (χ3n) is 3.52. The highest BCUT2D eigenvalue weighted by molar-refractivity contribution is 7.13. The topological polar surface area (TPSA) is 89.0 Å². The molecular formula is C18H13N3O2S. The summed E-state index contributed by atoms with van der Waals surface area (Å²) < 4.78 is 4.84. The number of benzene rings is 2. The van der Waals surface area contributed by atoms with Gasteiger partial charge in [0.2, 0.25) is 0 Å². The molecule has 0 aliphatic rings. The number of nitriles is 1. The van der Waals surface area contributed by atoms with Gasteiger partial charge in [-0.15, -0.1) is 11.3 Å². The molecule has 1 aromatic heterocycles. The quantitative estimate of drug-likeness (QED) is 0.737. The number of anilines is 1. The molecule has 0 aliphatic carbocycles. The fourth-order valence-corrected chi connectivity index (χ4v) is 2.91. The zero-order chi connectivity index (χ0) is 17.1. The van der Waals surface area contributed by atoms with Crippen molar-refractivity contribution in [3.63, 3.8) is 0 Å². The Labute approximate surface area is 143 Å². The van der Waals surface area contributed by atoms with Crippen LogP contribution < -0.4 is 5.73 Å². The van der Waals surface area contributed by atoms with Crippen molar-refractivity contribution in [2.45, 2.75) is 0 Å².